The smallest absolute Gasteiger partial charge is 0.344 e. The highest BCUT2D eigenvalue weighted by Gasteiger charge is 2.28. The lowest BCUT2D eigenvalue weighted by Crippen LogP contribution is -2.08. The Bertz CT molecular complexity index is 507. The fourth-order valence-electron chi connectivity index (χ4n) is 1.14. The quantitative estimate of drug-likeness (QED) is 0.430. The molecule has 0 fully saturated rings. The van der Waals surface area contributed by atoms with Crippen molar-refractivity contribution in [1.29, 1.82) is 5.26 Å². The van der Waals surface area contributed by atoms with Crippen molar-refractivity contribution in [2.75, 3.05) is 7.11 Å². The highest BCUT2D eigenvalue weighted by atomic mass is 19.1. The molecule has 0 heterocycles. The van der Waals surface area contributed by atoms with Crippen molar-refractivity contribution in [2.45, 2.75) is 0 Å². The van der Waals surface area contributed by atoms with Gasteiger partial charge in [-0.25, -0.2) is 9.18 Å². The van der Waals surface area contributed by atoms with Gasteiger partial charge in [0.1, 0.15) is 17.4 Å². The standard InChI is InChI=1S/C9H5FN2O4/c1-16-9(13)5-2-3-7(10)6(4-11)8(5)12(14)15/h2-3H,1H3. The molecule has 0 aliphatic heterocycles. The number of ether oxygens (including phenoxy) is 1. The summed E-state index contributed by atoms with van der Waals surface area (Å²) in [5.74, 6) is -2.05. The summed E-state index contributed by atoms with van der Waals surface area (Å²) in [7, 11) is 1.03. The van der Waals surface area contributed by atoms with Crippen LogP contribution in [0.5, 0.6) is 0 Å². The monoisotopic (exact) mass is 224 g/mol. The summed E-state index contributed by atoms with van der Waals surface area (Å²) in [5, 5.41) is 19.2. The maximum Gasteiger partial charge on any atom is 0.344 e. The number of esters is 1. The summed E-state index contributed by atoms with van der Waals surface area (Å²) < 4.78 is 17.4. The average molecular weight is 224 g/mol. The fourth-order valence-corrected chi connectivity index (χ4v) is 1.14. The minimum Gasteiger partial charge on any atom is -0.465 e. The predicted octanol–water partition coefficient (Wildman–Crippen LogP) is 1.39. The zero-order chi connectivity index (χ0) is 12.3. The van der Waals surface area contributed by atoms with E-state index in [1.54, 1.807) is 0 Å². The SMILES string of the molecule is COC(=O)c1ccc(F)c(C#N)c1[N+](=O)[O-]. The molecular formula is C9H5FN2O4. The van der Waals surface area contributed by atoms with E-state index < -0.39 is 33.5 Å². The van der Waals surface area contributed by atoms with Crippen LogP contribution in [0.4, 0.5) is 10.1 Å². The van der Waals surface area contributed by atoms with Gasteiger partial charge >= 0.3 is 11.7 Å². The molecule has 0 N–H and O–H groups in total. The highest BCUT2D eigenvalue weighted by molar-refractivity contribution is 5.95. The number of hydrogen-bond acceptors (Lipinski definition) is 5. The summed E-state index contributed by atoms with van der Waals surface area (Å²) in [6.45, 7) is 0. The molecule has 0 spiro atoms. The van der Waals surface area contributed by atoms with Crippen molar-refractivity contribution in [1.82, 2.24) is 0 Å². The van der Waals surface area contributed by atoms with Gasteiger partial charge in [0.2, 0.25) is 0 Å². The van der Waals surface area contributed by atoms with Gasteiger partial charge in [-0.2, -0.15) is 5.26 Å². The molecule has 7 heteroatoms. The van der Waals surface area contributed by atoms with Crippen molar-refractivity contribution >= 4 is 11.7 Å². The number of nitriles is 1. The molecule has 0 radical (unpaired) electrons. The number of halogens is 1. The Kier molecular flexibility index (Phi) is 3.15. The van der Waals surface area contributed by atoms with E-state index in [0.717, 1.165) is 19.2 Å². The summed E-state index contributed by atoms with van der Waals surface area (Å²) in [5.41, 5.74) is -2.12. The first kappa shape index (κ1) is 11.6. The number of hydrogen-bond donors (Lipinski definition) is 0. The molecule has 0 unspecified atom stereocenters. The van der Waals surface area contributed by atoms with E-state index in [4.69, 9.17) is 5.26 Å². The van der Waals surface area contributed by atoms with Crippen molar-refractivity contribution in [2.24, 2.45) is 0 Å². The Labute approximate surface area is 89.0 Å². The van der Waals surface area contributed by atoms with Gasteiger partial charge in [-0.3, -0.25) is 10.1 Å². The molecule has 0 saturated heterocycles. The highest BCUT2D eigenvalue weighted by Crippen LogP contribution is 2.26. The number of nitro benzene ring substituents is 1. The second-order valence-corrected chi connectivity index (χ2v) is 2.68. The molecule has 1 aromatic rings. The van der Waals surface area contributed by atoms with Crippen LogP contribution >= 0.6 is 0 Å². The number of methoxy groups -OCH3 is 1. The third-order valence-electron chi connectivity index (χ3n) is 1.83. The summed E-state index contributed by atoms with van der Waals surface area (Å²) in [6, 6.07) is 3.05. The van der Waals surface area contributed by atoms with Gasteiger partial charge in [0.25, 0.3) is 0 Å². The van der Waals surface area contributed by atoms with Crippen LogP contribution < -0.4 is 0 Å². The second kappa shape index (κ2) is 4.35. The van der Waals surface area contributed by atoms with Gasteiger partial charge in [-0.15, -0.1) is 0 Å². The van der Waals surface area contributed by atoms with Crippen LogP contribution in [-0.4, -0.2) is 18.0 Å². The van der Waals surface area contributed by atoms with Gasteiger partial charge in [0.15, 0.2) is 5.56 Å². The van der Waals surface area contributed by atoms with Crippen LogP contribution in [0.15, 0.2) is 12.1 Å². The van der Waals surface area contributed by atoms with Crippen LogP contribution in [0.3, 0.4) is 0 Å². The lowest BCUT2D eigenvalue weighted by Gasteiger charge is -2.02. The molecule has 0 saturated carbocycles. The number of carbonyl (C=O) groups is 1. The van der Waals surface area contributed by atoms with Gasteiger partial charge in [-0.1, -0.05) is 0 Å². The normalized spacial score (nSPS) is 9.31. The molecule has 82 valence electrons. The summed E-state index contributed by atoms with van der Waals surface area (Å²) >= 11 is 0. The molecule has 1 aromatic carbocycles. The van der Waals surface area contributed by atoms with Gasteiger partial charge in [0, 0.05) is 0 Å². The van der Waals surface area contributed by atoms with Crippen LogP contribution in [0.1, 0.15) is 15.9 Å². The molecule has 1 rings (SSSR count). The van der Waals surface area contributed by atoms with E-state index in [1.807, 2.05) is 0 Å². The first-order valence-corrected chi connectivity index (χ1v) is 3.98. The average Bonchev–Trinajstić information content (AvgIpc) is 2.27. The third kappa shape index (κ3) is 1.81. The first-order chi connectivity index (χ1) is 7.52. The Morgan fingerprint density at radius 3 is 2.69 bits per heavy atom. The molecule has 0 aromatic heterocycles. The molecular weight excluding hydrogens is 219 g/mol. The molecule has 16 heavy (non-hydrogen) atoms. The fraction of sp³-hybridized carbons (Fsp3) is 0.111. The zero-order valence-electron chi connectivity index (χ0n) is 8.06. The van der Waals surface area contributed by atoms with Crippen LogP contribution in [0.2, 0.25) is 0 Å². The number of nitro groups is 1. The third-order valence-corrected chi connectivity index (χ3v) is 1.83. The van der Waals surface area contributed by atoms with Gasteiger partial charge < -0.3 is 4.74 Å². The maximum absolute atomic E-state index is 13.1. The Balaban J connectivity index is 3.59. The number of rotatable bonds is 2. The Hall–Kier alpha value is -2.49. The van der Waals surface area contributed by atoms with E-state index in [2.05, 4.69) is 4.74 Å². The minimum atomic E-state index is -1.05. The Morgan fingerprint density at radius 1 is 1.62 bits per heavy atom. The van der Waals surface area contributed by atoms with Crippen molar-refractivity contribution in [3.8, 4) is 6.07 Å². The summed E-state index contributed by atoms with van der Waals surface area (Å²) in [4.78, 5) is 20.8. The molecule has 0 amide bonds. The lowest BCUT2D eigenvalue weighted by molar-refractivity contribution is -0.385. The largest absolute Gasteiger partial charge is 0.465 e. The zero-order valence-corrected chi connectivity index (χ0v) is 8.06. The van der Waals surface area contributed by atoms with Crippen molar-refractivity contribution < 1.29 is 18.8 Å². The lowest BCUT2D eigenvalue weighted by atomic mass is 10.1. The number of nitrogens with zero attached hydrogens (tertiary/aromatic N) is 2. The Morgan fingerprint density at radius 2 is 2.25 bits per heavy atom. The van der Waals surface area contributed by atoms with Gasteiger partial charge in [0.05, 0.1) is 12.0 Å². The molecule has 0 atom stereocenters. The van der Waals surface area contributed by atoms with Crippen molar-refractivity contribution in [3.63, 3.8) is 0 Å². The first-order valence-electron chi connectivity index (χ1n) is 3.98. The van der Waals surface area contributed by atoms with Crippen LogP contribution in [0.25, 0.3) is 0 Å². The molecule has 6 nitrogen and oxygen atoms in total. The summed E-state index contributed by atoms with van der Waals surface area (Å²) in [6.07, 6.45) is 0. The van der Waals surface area contributed by atoms with E-state index in [-0.39, 0.29) is 0 Å². The number of carbonyl (C=O) groups excluding carboxylic acids is 1. The van der Waals surface area contributed by atoms with E-state index >= 15 is 0 Å². The number of benzene rings is 1. The second-order valence-electron chi connectivity index (χ2n) is 2.68. The van der Waals surface area contributed by atoms with E-state index in [0.29, 0.717) is 0 Å². The van der Waals surface area contributed by atoms with E-state index in [1.165, 1.54) is 6.07 Å². The predicted molar refractivity (Wildman–Crippen MR) is 49.1 cm³/mol. The van der Waals surface area contributed by atoms with Crippen molar-refractivity contribution in [3.05, 3.63) is 39.2 Å². The molecule has 0 aliphatic rings. The van der Waals surface area contributed by atoms with E-state index in [9.17, 15) is 19.3 Å². The molecule has 0 aliphatic carbocycles. The maximum atomic E-state index is 13.1. The van der Waals surface area contributed by atoms with Crippen LogP contribution in [0, 0.1) is 27.3 Å². The van der Waals surface area contributed by atoms with Gasteiger partial charge in [-0.05, 0) is 12.1 Å². The van der Waals surface area contributed by atoms with Crippen LogP contribution in [-0.2, 0) is 4.74 Å². The minimum absolute atomic E-state index is 0.453. The topological polar surface area (TPSA) is 93.2 Å². The molecule has 0 bridgehead atoms.